The van der Waals surface area contributed by atoms with E-state index in [-0.39, 0.29) is 0 Å². The fraction of sp³-hybridized carbons (Fsp3) is 0.231. The lowest BCUT2D eigenvalue weighted by molar-refractivity contribution is 0.469. The first-order valence-electron chi connectivity index (χ1n) is 10.7. The van der Waals surface area contributed by atoms with Gasteiger partial charge in [0.25, 0.3) is 0 Å². The van der Waals surface area contributed by atoms with E-state index in [4.69, 9.17) is 20.0 Å². The topological polar surface area (TPSA) is 57.0 Å². The van der Waals surface area contributed by atoms with Crippen molar-refractivity contribution in [3.8, 4) is 0 Å². The van der Waals surface area contributed by atoms with Crippen LogP contribution in [0.1, 0.15) is 11.4 Å². The van der Waals surface area contributed by atoms with Crippen molar-refractivity contribution in [3.05, 3.63) is 72.1 Å². The van der Waals surface area contributed by atoms with Gasteiger partial charge in [0, 0.05) is 23.9 Å². The summed E-state index contributed by atoms with van der Waals surface area (Å²) in [7, 11) is 8.18. The van der Waals surface area contributed by atoms with E-state index in [1.807, 2.05) is 64.6 Å². The van der Waals surface area contributed by atoms with Crippen LogP contribution in [-0.4, -0.2) is 72.5 Å². The van der Waals surface area contributed by atoms with Crippen molar-refractivity contribution in [3.63, 3.8) is 0 Å². The van der Waals surface area contributed by atoms with Gasteiger partial charge in [-0.1, -0.05) is 36.4 Å². The zero-order valence-electron chi connectivity index (χ0n) is 18.9. The molecule has 2 aromatic carbocycles. The first-order valence-corrected chi connectivity index (χ1v) is 10.7. The Morgan fingerprint density at radius 3 is 1.41 bits per heavy atom. The first kappa shape index (κ1) is 20.4. The molecule has 0 atom stereocenters. The minimum Gasteiger partial charge on any atom is -0.303 e. The Bertz CT molecular complexity index is 1280. The molecule has 0 radical (unpaired) electrons. The summed E-state index contributed by atoms with van der Waals surface area (Å²) in [6, 6.07) is 20.5. The summed E-state index contributed by atoms with van der Waals surface area (Å²) in [6.45, 7) is 1.31. The molecule has 0 bridgehead atoms. The lowest BCUT2D eigenvalue weighted by Crippen LogP contribution is -2.26. The molecule has 0 N–H and O–H groups in total. The number of fused-ring (bicyclic) bond motifs is 4. The van der Waals surface area contributed by atoms with Crippen molar-refractivity contribution in [2.75, 3.05) is 41.3 Å². The van der Waals surface area contributed by atoms with E-state index in [0.29, 0.717) is 13.1 Å². The van der Waals surface area contributed by atoms with E-state index in [2.05, 4.69) is 34.1 Å². The van der Waals surface area contributed by atoms with Crippen LogP contribution in [0.4, 0.5) is 11.4 Å². The maximum absolute atomic E-state index is 5.15. The molecule has 0 saturated carbocycles. The van der Waals surface area contributed by atoms with Gasteiger partial charge in [0.1, 0.15) is 11.4 Å². The third-order valence-electron chi connectivity index (χ3n) is 5.40. The van der Waals surface area contributed by atoms with E-state index in [1.165, 1.54) is 0 Å². The molecule has 4 aromatic rings. The Balaban J connectivity index is 1.84. The smallest absolute Gasteiger partial charge is 0.112 e. The number of aliphatic imine (C=N–C) groups is 2. The van der Waals surface area contributed by atoms with Crippen LogP contribution >= 0.6 is 0 Å². The van der Waals surface area contributed by atoms with Gasteiger partial charge in [0.2, 0.25) is 0 Å². The van der Waals surface area contributed by atoms with E-state index >= 15 is 0 Å². The molecule has 0 saturated heterocycles. The van der Waals surface area contributed by atoms with Gasteiger partial charge in [-0.2, -0.15) is 0 Å². The Morgan fingerprint density at radius 2 is 1.00 bits per heavy atom. The summed E-state index contributed by atoms with van der Waals surface area (Å²) in [5.41, 5.74) is 6.99. The number of pyridine rings is 2. The Kier molecular flexibility index (Phi) is 5.25. The van der Waals surface area contributed by atoms with Crippen molar-refractivity contribution < 1.29 is 0 Å². The quantitative estimate of drug-likeness (QED) is 0.487. The van der Waals surface area contributed by atoms with Gasteiger partial charge in [-0.3, -0.25) is 0 Å². The summed E-state index contributed by atoms with van der Waals surface area (Å²) in [5, 5.41) is 2.13. The Hall–Kier alpha value is -3.48. The zero-order valence-corrected chi connectivity index (χ0v) is 18.9. The van der Waals surface area contributed by atoms with Crippen LogP contribution in [-0.2, 0) is 0 Å². The molecule has 32 heavy (non-hydrogen) atoms. The van der Waals surface area contributed by atoms with Crippen LogP contribution < -0.4 is 0 Å². The van der Waals surface area contributed by atoms with Gasteiger partial charge in [-0.05, 0) is 52.5 Å². The van der Waals surface area contributed by atoms with Gasteiger partial charge in [0.05, 0.1) is 33.8 Å². The summed E-state index contributed by atoms with van der Waals surface area (Å²) in [4.78, 5) is 24.5. The van der Waals surface area contributed by atoms with Gasteiger partial charge < -0.3 is 9.80 Å². The van der Waals surface area contributed by atoms with Crippen molar-refractivity contribution in [1.82, 2.24) is 19.8 Å². The van der Waals surface area contributed by atoms with Gasteiger partial charge in [-0.15, -0.1) is 0 Å². The fourth-order valence-electron chi connectivity index (χ4n) is 4.02. The van der Waals surface area contributed by atoms with Crippen molar-refractivity contribution in [1.29, 1.82) is 0 Å². The highest BCUT2D eigenvalue weighted by Crippen LogP contribution is 2.32. The fourth-order valence-corrected chi connectivity index (χ4v) is 4.02. The first-order chi connectivity index (χ1) is 15.5. The SMILES string of the molecule is CN(C)CC1=Nc2cc3ccccc3nc2C(CN(C)C)=Nc2cc3ccccc3nc21. The molecule has 160 valence electrons. The second-order valence-electron chi connectivity index (χ2n) is 8.69. The predicted molar refractivity (Wildman–Crippen MR) is 133 cm³/mol. The van der Waals surface area contributed by atoms with E-state index in [1.54, 1.807) is 0 Å². The van der Waals surface area contributed by atoms with Crippen molar-refractivity contribution >= 4 is 44.6 Å². The standard InChI is InChI=1S/C26H26N6/c1-31(2)15-23-25-21(13-17-9-5-7-11-19(17)29-25)28-24(16-32(3)4)26-22(27-23)14-18-10-6-8-12-20(18)30-26/h5-14H,15-16H2,1-4H3. The second kappa shape index (κ2) is 8.22. The summed E-state index contributed by atoms with van der Waals surface area (Å²) in [6.07, 6.45) is 0. The number of para-hydroxylation sites is 2. The van der Waals surface area contributed by atoms with Crippen molar-refractivity contribution in [2.24, 2.45) is 9.98 Å². The summed E-state index contributed by atoms with van der Waals surface area (Å²) < 4.78 is 0. The van der Waals surface area contributed by atoms with Gasteiger partial charge in [0.15, 0.2) is 0 Å². The van der Waals surface area contributed by atoms with E-state index < -0.39 is 0 Å². The molecule has 1 aliphatic rings. The minimum atomic E-state index is 0.656. The molecular weight excluding hydrogens is 396 g/mol. The molecule has 5 rings (SSSR count). The molecule has 3 heterocycles. The maximum Gasteiger partial charge on any atom is 0.112 e. The largest absolute Gasteiger partial charge is 0.303 e. The lowest BCUT2D eigenvalue weighted by Gasteiger charge is -2.20. The summed E-state index contributed by atoms with van der Waals surface area (Å²) >= 11 is 0. The third kappa shape index (κ3) is 3.90. The Morgan fingerprint density at radius 1 is 0.594 bits per heavy atom. The lowest BCUT2D eigenvalue weighted by atomic mass is 10.1. The molecule has 0 unspecified atom stereocenters. The van der Waals surface area contributed by atoms with Gasteiger partial charge >= 0.3 is 0 Å². The molecule has 6 heteroatoms. The predicted octanol–water partition coefficient (Wildman–Crippen LogP) is 4.46. The van der Waals surface area contributed by atoms with Crippen LogP contribution in [0.15, 0.2) is 70.6 Å². The van der Waals surface area contributed by atoms with Gasteiger partial charge in [-0.25, -0.2) is 20.0 Å². The second-order valence-corrected chi connectivity index (χ2v) is 8.69. The molecule has 2 aromatic heterocycles. The average Bonchev–Trinajstić information content (AvgIpc) is 2.76. The van der Waals surface area contributed by atoms with Crippen molar-refractivity contribution in [2.45, 2.75) is 0 Å². The number of benzene rings is 2. The highest BCUT2D eigenvalue weighted by Gasteiger charge is 2.22. The molecule has 6 nitrogen and oxygen atoms in total. The molecule has 0 fully saturated rings. The Labute approximate surface area is 188 Å². The number of aromatic nitrogens is 2. The molecule has 1 aliphatic heterocycles. The number of nitrogens with zero attached hydrogens (tertiary/aromatic N) is 6. The zero-order chi connectivity index (χ0) is 22.2. The third-order valence-corrected chi connectivity index (χ3v) is 5.40. The molecule has 0 spiro atoms. The van der Waals surface area contributed by atoms with Crippen LogP contribution in [0.25, 0.3) is 21.8 Å². The van der Waals surface area contributed by atoms with Crippen LogP contribution in [0.2, 0.25) is 0 Å². The number of hydrogen-bond donors (Lipinski definition) is 0. The summed E-state index contributed by atoms with van der Waals surface area (Å²) in [5.74, 6) is 0. The normalized spacial score (nSPS) is 13.6. The number of rotatable bonds is 4. The number of likely N-dealkylation sites (N-methyl/N-ethyl adjacent to an activating group) is 2. The number of hydrogen-bond acceptors (Lipinski definition) is 6. The van der Waals surface area contributed by atoms with E-state index in [0.717, 1.165) is 56.0 Å². The average molecular weight is 423 g/mol. The maximum atomic E-state index is 5.15. The van der Waals surface area contributed by atoms with E-state index in [9.17, 15) is 0 Å². The van der Waals surface area contributed by atoms with Crippen LogP contribution in [0.3, 0.4) is 0 Å². The minimum absolute atomic E-state index is 0.656. The van der Waals surface area contributed by atoms with Crippen LogP contribution in [0, 0.1) is 0 Å². The highest BCUT2D eigenvalue weighted by molar-refractivity contribution is 6.14. The highest BCUT2D eigenvalue weighted by atomic mass is 15.1. The molecule has 0 amide bonds. The molecule has 0 aliphatic carbocycles. The van der Waals surface area contributed by atoms with Crippen LogP contribution in [0.5, 0.6) is 0 Å². The monoisotopic (exact) mass is 422 g/mol. The molecular formula is C26H26N6.